The summed E-state index contributed by atoms with van der Waals surface area (Å²) < 4.78 is 25.1. The smallest absolute Gasteiger partial charge is 0.340 e. The summed E-state index contributed by atoms with van der Waals surface area (Å²) in [5.74, 6) is 3.29. The number of halogens is 1. The zero-order valence-electron chi connectivity index (χ0n) is 17.3. The average Bonchev–Trinajstić information content (AvgIpc) is 3.08. The molecule has 0 radical (unpaired) electrons. The van der Waals surface area contributed by atoms with Crippen LogP contribution in [0.3, 0.4) is 0 Å². The Morgan fingerprint density at radius 2 is 1.41 bits per heavy atom. The highest BCUT2D eigenvalue weighted by atomic mass is 127. The van der Waals surface area contributed by atoms with Crippen molar-refractivity contribution in [2.75, 3.05) is 24.4 Å². The lowest BCUT2D eigenvalue weighted by Crippen LogP contribution is -2.33. The van der Waals surface area contributed by atoms with Gasteiger partial charge in [-0.3, -0.25) is 0 Å². The number of rotatable bonds is 6. The molecule has 1 spiro atoms. The van der Waals surface area contributed by atoms with E-state index in [1.54, 1.807) is 23.5 Å². The van der Waals surface area contributed by atoms with Crippen molar-refractivity contribution in [3.05, 3.63) is 80.4 Å². The molecule has 32 heavy (non-hydrogen) atoms. The van der Waals surface area contributed by atoms with E-state index >= 15 is 0 Å². The van der Waals surface area contributed by atoms with E-state index in [0.29, 0.717) is 40.4 Å². The second kappa shape index (κ2) is 8.72. The first-order chi connectivity index (χ1) is 15.6. The largest absolute Gasteiger partial charge is 0.483 e. The van der Waals surface area contributed by atoms with Crippen molar-refractivity contribution >= 4 is 52.1 Å². The summed E-state index contributed by atoms with van der Waals surface area (Å²) in [7, 11) is 0. The third-order valence-corrected chi connectivity index (χ3v) is 6.78. The van der Waals surface area contributed by atoms with Crippen LogP contribution < -0.4 is 14.2 Å². The van der Waals surface area contributed by atoms with Crippen LogP contribution in [0.1, 0.15) is 27.0 Å². The predicted molar refractivity (Wildman–Crippen MR) is 135 cm³/mol. The Hall–Kier alpha value is -2.04. The average molecular weight is 578 g/mol. The minimum absolute atomic E-state index is 0.345. The fourth-order valence-corrected chi connectivity index (χ4v) is 5.09. The maximum absolute atomic E-state index is 13.0. The first kappa shape index (κ1) is 21.8. The summed E-state index contributed by atoms with van der Waals surface area (Å²) in [5.41, 5.74) is 1.83. The molecule has 0 atom stereocenters. The second-order valence-corrected chi connectivity index (χ2v) is 10.2. The summed E-state index contributed by atoms with van der Waals surface area (Å²) in [6.45, 7) is 0. The third kappa shape index (κ3) is 3.52. The molecular formula is C24H19IO5S2. The molecule has 5 nitrogen and oxygen atoms in total. The van der Waals surface area contributed by atoms with E-state index in [-0.39, 0.29) is 5.97 Å². The van der Waals surface area contributed by atoms with Crippen molar-refractivity contribution in [2.24, 2.45) is 0 Å². The standard InChI is InChI=1S/C24H19IO5S2/c1-31-12-27-15-4-7-19-21(10-15)29-22-11-16(28-13-32-2)5-8-20(22)24(19)18-6-3-14(25)9-17(18)23(26)30-24/h3-11H,12-13H2,1-2H3. The lowest BCUT2D eigenvalue weighted by atomic mass is 9.77. The number of hydrogen-bond acceptors (Lipinski definition) is 7. The number of thioether (sulfide) groups is 2. The molecule has 0 saturated carbocycles. The van der Waals surface area contributed by atoms with Gasteiger partial charge < -0.3 is 18.9 Å². The molecule has 0 amide bonds. The van der Waals surface area contributed by atoms with Crippen LogP contribution in [0, 0.1) is 3.57 Å². The Balaban J connectivity index is 1.72. The van der Waals surface area contributed by atoms with E-state index in [1.807, 2.05) is 67.1 Å². The molecule has 5 rings (SSSR count). The SMILES string of the molecule is CSCOc1ccc2c(c1)Oc1cc(OCSC)ccc1C21OC(=O)c2cc(I)ccc21. The molecule has 2 aliphatic heterocycles. The van der Waals surface area contributed by atoms with Gasteiger partial charge in [0, 0.05) is 32.4 Å². The molecule has 3 aromatic rings. The Morgan fingerprint density at radius 3 is 1.97 bits per heavy atom. The van der Waals surface area contributed by atoms with Gasteiger partial charge in [-0.2, -0.15) is 0 Å². The highest BCUT2D eigenvalue weighted by molar-refractivity contribution is 14.1. The molecule has 2 heterocycles. The van der Waals surface area contributed by atoms with Crippen LogP contribution in [0.25, 0.3) is 0 Å². The van der Waals surface area contributed by atoms with Crippen LogP contribution in [-0.4, -0.2) is 30.4 Å². The Kier molecular flexibility index (Phi) is 5.94. The van der Waals surface area contributed by atoms with Gasteiger partial charge in [0.2, 0.25) is 0 Å². The first-order valence-electron chi connectivity index (χ1n) is 9.80. The van der Waals surface area contributed by atoms with E-state index < -0.39 is 5.60 Å². The minimum Gasteiger partial charge on any atom is -0.483 e. The molecular weight excluding hydrogens is 559 g/mol. The number of esters is 1. The van der Waals surface area contributed by atoms with E-state index in [0.717, 1.165) is 20.3 Å². The summed E-state index contributed by atoms with van der Waals surface area (Å²) >= 11 is 5.39. The van der Waals surface area contributed by atoms with E-state index in [4.69, 9.17) is 18.9 Å². The molecule has 164 valence electrons. The molecule has 8 heteroatoms. The first-order valence-corrected chi connectivity index (χ1v) is 13.7. The Morgan fingerprint density at radius 1 is 0.844 bits per heavy atom. The summed E-state index contributed by atoms with van der Waals surface area (Å²) in [4.78, 5) is 13.0. The summed E-state index contributed by atoms with van der Waals surface area (Å²) in [5, 5.41) is 0. The van der Waals surface area contributed by atoms with Gasteiger partial charge in [0.15, 0.2) is 5.60 Å². The topological polar surface area (TPSA) is 54.0 Å². The summed E-state index contributed by atoms with van der Waals surface area (Å²) in [6.07, 6.45) is 3.96. The van der Waals surface area contributed by atoms with Crippen LogP contribution in [0.4, 0.5) is 0 Å². The van der Waals surface area contributed by atoms with Crippen LogP contribution in [0.15, 0.2) is 54.6 Å². The van der Waals surface area contributed by atoms with Crippen molar-refractivity contribution in [2.45, 2.75) is 5.60 Å². The zero-order valence-corrected chi connectivity index (χ0v) is 21.1. The van der Waals surface area contributed by atoms with Gasteiger partial charge in [0.1, 0.15) is 34.9 Å². The fourth-order valence-electron chi connectivity index (χ4n) is 4.09. The number of ether oxygens (including phenoxy) is 4. The van der Waals surface area contributed by atoms with Gasteiger partial charge in [-0.15, -0.1) is 23.5 Å². The number of fused-ring (bicyclic) bond motifs is 6. The van der Waals surface area contributed by atoms with Gasteiger partial charge in [-0.25, -0.2) is 4.79 Å². The van der Waals surface area contributed by atoms with Gasteiger partial charge in [0.05, 0.1) is 5.56 Å². The van der Waals surface area contributed by atoms with Crippen LogP contribution in [0.2, 0.25) is 0 Å². The van der Waals surface area contributed by atoms with Gasteiger partial charge >= 0.3 is 5.97 Å². The zero-order chi connectivity index (χ0) is 22.3. The highest BCUT2D eigenvalue weighted by Gasteiger charge is 2.53. The normalized spacial score (nSPS) is 14.8. The molecule has 0 N–H and O–H groups in total. The molecule has 0 fully saturated rings. The third-order valence-electron chi connectivity index (χ3n) is 5.40. The van der Waals surface area contributed by atoms with Crippen molar-refractivity contribution in [1.82, 2.24) is 0 Å². The molecule has 2 aliphatic rings. The Labute approximate surface area is 208 Å². The minimum atomic E-state index is -1.09. The molecule has 3 aromatic carbocycles. The molecule has 0 saturated heterocycles. The van der Waals surface area contributed by atoms with Crippen LogP contribution in [-0.2, 0) is 10.3 Å². The number of hydrogen-bond donors (Lipinski definition) is 0. The van der Waals surface area contributed by atoms with Crippen molar-refractivity contribution in [1.29, 1.82) is 0 Å². The monoisotopic (exact) mass is 578 g/mol. The molecule has 0 bridgehead atoms. The number of benzene rings is 3. The number of carbonyl (C=O) groups excluding carboxylic acids is 1. The predicted octanol–water partition coefficient (Wildman–Crippen LogP) is 6.26. The van der Waals surface area contributed by atoms with Crippen LogP contribution >= 0.6 is 46.1 Å². The van der Waals surface area contributed by atoms with E-state index in [1.165, 1.54) is 0 Å². The van der Waals surface area contributed by atoms with Gasteiger partial charge in [-0.1, -0.05) is 6.07 Å². The Bertz CT molecular complexity index is 1160. The quantitative estimate of drug-likeness (QED) is 0.195. The van der Waals surface area contributed by atoms with Crippen LogP contribution in [0.5, 0.6) is 23.0 Å². The van der Waals surface area contributed by atoms with E-state index in [2.05, 4.69) is 22.6 Å². The van der Waals surface area contributed by atoms with Crippen molar-refractivity contribution in [3.8, 4) is 23.0 Å². The lowest BCUT2D eigenvalue weighted by molar-refractivity contribution is 0.0224. The second-order valence-electron chi connectivity index (χ2n) is 7.28. The number of carbonyl (C=O) groups is 1. The fraction of sp³-hybridized carbons (Fsp3) is 0.208. The molecule has 0 aliphatic carbocycles. The molecule has 0 unspecified atom stereocenters. The maximum Gasteiger partial charge on any atom is 0.340 e. The molecule has 0 aromatic heterocycles. The van der Waals surface area contributed by atoms with Crippen molar-refractivity contribution < 1.29 is 23.7 Å². The highest BCUT2D eigenvalue weighted by Crippen LogP contribution is 2.57. The lowest BCUT2D eigenvalue weighted by Gasteiger charge is -2.36. The maximum atomic E-state index is 13.0. The van der Waals surface area contributed by atoms with Crippen molar-refractivity contribution in [3.63, 3.8) is 0 Å². The van der Waals surface area contributed by atoms with E-state index in [9.17, 15) is 4.79 Å². The van der Waals surface area contributed by atoms with Gasteiger partial charge in [0.25, 0.3) is 0 Å². The van der Waals surface area contributed by atoms with Gasteiger partial charge in [-0.05, 0) is 71.5 Å². The summed E-state index contributed by atoms with van der Waals surface area (Å²) in [6, 6.07) is 17.2.